The van der Waals surface area contributed by atoms with E-state index < -0.39 is 11.4 Å². The molecule has 8 heteroatoms. The molecule has 0 radical (unpaired) electrons. The molecule has 1 aliphatic rings. The van der Waals surface area contributed by atoms with Gasteiger partial charge in [-0.1, -0.05) is 34.6 Å². The molecule has 0 unspecified atom stereocenters. The number of rotatable bonds is 7. The number of aromatic nitrogens is 2. The summed E-state index contributed by atoms with van der Waals surface area (Å²) in [5.74, 6) is -0.327. The summed E-state index contributed by atoms with van der Waals surface area (Å²) in [7, 11) is 1.67. The highest BCUT2D eigenvalue weighted by atomic mass is 32.1. The molecule has 0 aliphatic carbocycles. The number of hydrogen-bond donors (Lipinski definition) is 1. The molecule has 7 nitrogen and oxygen atoms in total. The Morgan fingerprint density at radius 1 is 1.28 bits per heavy atom. The first-order valence-corrected chi connectivity index (χ1v) is 10.7. The fourth-order valence-corrected chi connectivity index (χ4v) is 4.03. The molecule has 3 rings (SSSR count). The predicted molar refractivity (Wildman–Crippen MR) is 130 cm³/mol. The molecule has 32 heavy (non-hydrogen) atoms. The van der Waals surface area contributed by atoms with Gasteiger partial charge in [0.05, 0.1) is 23.7 Å². The molecule has 1 atom stereocenters. The summed E-state index contributed by atoms with van der Waals surface area (Å²) in [4.78, 5) is 29.0. The molecule has 0 bridgehead atoms. The molecule has 0 saturated heterocycles. The van der Waals surface area contributed by atoms with Crippen molar-refractivity contribution in [1.29, 1.82) is 0 Å². The number of nitrogens with zero attached hydrogens (tertiary/aromatic N) is 2. The van der Waals surface area contributed by atoms with Crippen LogP contribution in [0.1, 0.15) is 74.6 Å². The lowest BCUT2D eigenvalue weighted by Crippen LogP contribution is -2.33. The van der Waals surface area contributed by atoms with Crippen LogP contribution in [-0.2, 0) is 11.2 Å². The van der Waals surface area contributed by atoms with E-state index in [1.54, 1.807) is 7.11 Å². The van der Waals surface area contributed by atoms with Crippen LogP contribution in [0.5, 0.6) is 5.75 Å². The van der Waals surface area contributed by atoms with Crippen molar-refractivity contribution >= 4 is 19.5 Å². The van der Waals surface area contributed by atoms with Gasteiger partial charge < -0.3 is 19.1 Å². The Morgan fingerprint density at radius 3 is 2.53 bits per heavy atom. The van der Waals surface area contributed by atoms with E-state index in [4.69, 9.17) is 14.5 Å². The molecule has 2 aromatic heterocycles. The Labute approximate surface area is 196 Å². The lowest BCUT2D eigenvalue weighted by Gasteiger charge is -2.38. The van der Waals surface area contributed by atoms with Crippen LogP contribution in [0.2, 0.25) is 0 Å². The molecule has 0 saturated carbocycles. The maximum atomic E-state index is 12.5. The second kappa shape index (κ2) is 10.1. The fraction of sp³-hybridized carbons (Fsp3) is 0.542. The first kappa shape index (κ1) is 25.9. The molecular formula is C24H34N2O5S. The van der Waals surface area contributed by atoms with Crippen molar-refractivity contribution in [2.24, 2.45) is 5.41 Å². The van der Waals surface area contributed by atoms with Gasteiger partial charge in [0.15, 0.2) is 5.43 Å². The van der Waals surface area contributed by atoms with Gasteiger partial charge in [-0.2, -0.15) is 13.5 Å². The summed E-state index contributed by atoms with van der Waals surface area (Å²) in [6.07, 6.45) is 2.93. The Kier molecular flexibility index (Phi) is 8.17. The third-order valence-electron chi connectivity index (χ3n) is 5.69. The summed E-state index contributed by atoms with van der Waals surface area (Å²) >= 11 is 0. The van der Waals surface area contributed by atoms with Crippen molar-refractivity contribution in [3.05, 3.63) is 45.4 Å². The largest absolute Gasteiger partial charge is 0.492 e. The van der Waals surface area contributed by atoms with Gasteiger partial charge in [-0.15, -0.1) is 0 Å². The van der Waals surface area contributed by atoms with E-state index >= 15 is 0 Å². The Balaban J connectivity index is 0.00000363. The van der Waals surface area contributed by atoms with Crippen LogP contribution in [0.15, 0.2) is 23.1 Å². The number of fused-ring (bicyclic) bond motifs is 3. The molecule has 0 fully saturated rings. The van der Waals surface area contributed by atoms with E-state index in [9.17, 15) is 14.7 Å². The summed E-state index contributed by atoms with van der Waals surface area (Å²) in [5, 5.41) is 9.47. The molecule has 1 aliphatic heterocycles. The summed E-state index contributed by atoms with van der Waals surface area (Å²) in [6, 6.07) is 3.43. The number of carbonyl (C=O) groups is 1. The van der Waals surface area contributed by atoms with Crippen LogP contribution in [0.4, 0.5) is 0 Å². The molecular weight excluding hydrogens is 428 g/mol. The highest BCUT2D eigenvalue weighted by Gasteiger charge is 2.35. The van der Waals surface area contributed by atoms with Crippen molar-refractivity contribution in [3.8, 4) is 17.1 Å². The average molecular weight is 463 g/mol. The van der Waals surface area contributed by atoms with Crippen molar-refractivity contribution in [3.63, 3.8) is 0 Å². The van der Waals surface area contributed by atoms with Gasteiger partial charge in [0, 0.05) is 38.4 Å². The zero-order valence-corrected chi connectivity index (χ0v) is 20.7. The van der Waals surface area contributed by atoms with E-state index in [1.165, 1.54) is 12.3 Å². The number of carboxylic acids is 1. The zero-order valence-electron chi connectivity index (χ0n) is 19.7. The second-order valence-electron chi connectivity index (χ2n) is 9.46. The number of hydrogen-bond acceptors (Lipinski definition) is 5. The van der Waals surface area contributed by atoms with E-state index in [-0.39, 0.29) is 36.4 Å². The molecule has 3 heterocycles. The van der Waals surface area contributed by atoms with E-state index in [0.29, 0.717) is 25.3 Å². The summed E-state index contributed by atoms with van der Waals surface area (Å²) in [5.41, 5.74) is 2.33. The van der Waals surface area contributed by atoms with Crippen molar-refractivity contribution in [2.75, 3.05) is 20.3 Å². The van der Waals surface area contributed by atoms with Crippen LogP contribution < -0.4 is 10.2 Å². The first-order valence-electron chi connectivity index (χ1n) is 10.7. The van der Waals surface area contributed by atoms with Gasteiger partial charge >= 0.3 is 5.97 Å². The minimum absolute atomic E-state index is 0. The van der Waals surface area contributed by atoms with Crippen molar-refractivity contribution in [1.82, 2.24) is 9.55 Å². The number of ether oxygens (including phenoxy) is 2. The Hall–Kier alpha value is -2.32. The Bertz CT molecular complexity index is 1040. The highest BCUT2D eigenvalue weighted by Crippen LogP contribution is 2.43. The lowest BCUT2D eigenvalue weighted by molar-refractivity contribution is 0.0693. The van der Waals surface area contributed by atoms with Crippen LogP contribution in [-0.4, -0.2) is 41.0 Å². The van der Waals surface area contributed by atoms with Crippen molar-refractivity contribution in [2.45, 2.75) is 59.4 Å². The third-order valence-corrected chi connectivity index (χ3v) is 5.69. The third kappa shape index (κ3) is 5.18. The predicted octanol–water partition coefficient (Wildman–Crippen LogP) is 4.40. The molecule has 0 spiro atoms. The minimum atomic E-state index is -1.21. The molecule has 0 amide bonds. The lowest BCUT2D eigenvalue weighted by atomic mass is 9.79. The van der Waals surface area contributed by atoms with Crippen LogP contribution in [0.25, 0.3) is 11.4 Å². The summed E-state index contributed by atoms with van der Waals surface area (Å²) in [6.45, 7) is 11.6. The van der Waals surface area contributed by atoms with E-state index in [0.717, 1.165) is 29.1 Å². The van der Waals surface area contributed by atoms with Crippen LogP contribution in [0.3, 0.4) is 0 Å². The molecule has 0 aromatic carbocycles. The van der Waals surface area contributed by atoms with E-state index in [1.807, 2.05) is 10.6 Å². The van der Waals surface area contributed by atoms with E-state index in [2.05, 4.69) is 34.6 Å². The first-order chi connectivity index (χ1) is 14.5. The van der Waals surface area contributed by atoms with Gasteiger partial charge in [0.2, 0.25) is 0 Å². The van der Waals surface area contributed by atoms with Gasteiger partial charge in [0.1, 0.15) is 11.3 Å². The standard InChI is InChI=1S/C24H32N2O5.H2S/c1-14(2)21-19(31-9-7-8-30-6)10-15-11-20(24(3,4)5)26-13-16(23(28)29)18(27)12-17(26)22(15)25-21;/h10,12-14,20H,7-9,11H2,1-6H3,(H,28,29);1H2/t20-;/m0./s1. The second-order valence-corrected chi connectivity index (χ2v) is 9.46. The number of aromatic carboxylic acids is 1. The van der Waals surface area contributed by atoms with Crippen LogP contribution in [0, 0.1) is 5.41 Å². The molecule has 2 aromatic rings. The normalized spacial score (nSPS) is 15.0. The quantitative estimate of drug-likeness (QED) is 0.613. The fourth-order valence-electron chi connectivity index (χ4n) is 4.03. The monoisotopic (exact) mass is 462 g/mol. The average Bonchev–Trinajstić information content (AvgIpc) is 2.68. The molecule has 176 valence electrons. The number of methoxy groups -OCH3 is 1. The number of carboxylic acid groups (broad SMARTS) is 1. The number of pyridine rings is 2. The van der Waals surface area contributed by atoms with Crippen LogP contribution >= 0.6 is 13.5 Å². The SMILES string of the molecule is COCCCOc1cc2c(nc1C(C)C)-c1cc(=O)c(C(=O)O)cn1[C@H](C(C)(C)C)C2.S. The topological polar surface area (TPSA) is 90.7 Å². The van der Waals surface area contributed by atoms with Gasteiger partial charge in [0.25, 0.3) is 0 Å². The Morgan fingerprint density at radius 2 is 1.97 bits per heavy atom. The van der Waals surface area contributed by atoms with Gasteiger partial charge in [-0.25, -0.2) is 9.78 Å². The van der Waals surface area contributed by atoms with Gasteiger partial charge in [-0.05, 0) is 29.4 Å². The minimum Gasteiger partial charge on any atom is -0.492 e. The molecule has 1 N–H and O–H groups in total. The zero-order chi connectivity index (χ0) is 22.9. The maximum Gasteiger partial charge on any atom is 0.341 e. The smallest absolute Gasteiger partial charge is 0.341 e. The van der Waals surface area contributed by atoms with Crippen molar-refractivity contribution < 1.29 is 19.4 Å². The summed E-state index contributed by atoms with van der Waals surface area (Å²) < 4.78 is 13.1. The highest BCUT2D eigenvalue weighted by molar-refractivity contribution is 7.59. The maximum absolute atomic E-state index is 12.5. The van der Waals surface area contributed by atoms with Gasteiger partial charge in [-0.3, -0.25) is 4.79 Å².